The monoisotopic (exact) mass is 240 g/mol. The molecule has 2 aliphatic rings. The number of piperazine rings is 1. The van der Waals surface area contributed by atoms with Crippen LogP contribution in [0, 0.1) is 5.41 Å². The molecule has 2 fully saturated rings. The van der Waals surface area contributed by atoms with Crippen molar-refractivity contribution in [3.8, 4) is 0 Å². The first-order valence-corrected chi connectivity index (χ1v) is 5.81. The van der Waals surface area contributed by atoms with Gasteiger partial charge in [0.2, 0.25) is 11.8 Å². The zero-order chi connectivity index (χ0) is 12.6. The molecule has 1 aliphatic carbocycles. The third-order valence-electron chi connectivity index (χ3n) is 3.79. The van der Waals surface area contributed by atoms with E-state index in [1.165, 1.54) is 4.90 Å². The van der Waals surface area contributed by atoms with Crippen molar-refractivity contribution < 1.29 is 19.5 Å². The van der Waals surface area contributed by atoms with Crippen LogP contribution in [0.15, 0.2) is 0 Å². The Bertz CT molecular complexity index is 376. The maximum Gasteiger partial charge on any atom is 0.319 e. The van der Waals surface area contributed by atoms with Gasteiger partial charge in [-0.2, -0.15) is 0 Å². The highest BCUT2D eigenvalue weighted by Crippen LogP contribution is 2.43. The molecule has 6 heteroatoms. The van der Waals surface area contributed by atoms with Crippen molar-refractivity contribution in [2.45, 2.75) is 32.2 Å². The van der Waals surface area contributed by atoms with Crippen LogP contribution in [0.1, 0.15) is 26.2 Å². The third-order valence-corrected chi connectivity index (χ3v) is 3.79. The number of carboxylic acid groups (broad SMARTS) is 1. The van der Waals surface area contributed by atoms with Crippen molar-refractivity contribution in [1.82, 2.24) is 10.2 Å². The minimum absolute atomic E-state index is 0.218. The molecule has 94 valence electrons. The lowest BCUT2D eigenvalue weighted by Crippen LogP contribution is -2.61. The van der Waals surface area contributed by atoms with E-state index in [0.29, 0.717) is 25.9 Å². The highest BCUT2D eigenvalue weighted by molar-refractivity contribution is 6.04. The molecule has 0 spiro atoms. The summed E-state index contributed by atoms with van der Waals surface area (Å²) in [6.45, 7) is 2.41. The van der Waals surface area contributed by atoms with Crippen LogP contribution in [0.5, 0.6) is 0 Å². The van der Waals surface area contributed by atoms with E-state index < -0.39 is 23.3 Å². The Morgan fingerprint density at radius 2 is 2.12 bits per heavy atom. The molecule has 0 aromatic heterocycles. The van der Waals surface area contributed by atoms with Gasteiger partial charge in [-0.15, -0.1) is 0 Å². The van der Waals surface area contributed by atoms with Gasteiger partial charge in [-0.25, -0.2) is 0 Å². The second kappa shape index (κ2) is 4.01. The van der Waals surface area contributed by atoms with Gasteiger partial charge in [0.25, 0.3) is 0 Å². The van der Waals surface area contributed by atoms with Crippen LogP contribution in [0.4, 0.5) is 0 Å². The largest absolute Gasteiger partial charge is 0.480 e. The van der Waals surface area contributed by atoms with Crippen LogP contribution in [0.3, 0.4) is 0 Å². The highest BCUT2D eigenvalue weighted by atomic mass is 16.4. The van der Waals surface area contributed by atoms with Gasteiger partial charge in [-0.05, 0) is 19.8 Å². The maximum atomic E-state index is 12.3. The predicted molar refractivity (Wildman–Crippen MR) is 58.1 cm³/mol. The Kier molecular flexibility index (Phi) is 2.81. The van der Waals surface area contributed by atoms with Crippen molar-refractivity contribution in [2.24, 2.45) is 5.41 Å². The average Bonchev–Trinajstić information content (AvgIpc) is 2.19. The van der Waals surface area contributed by atoms with Gasteiger partial charge in [-0.3, -0.25) is 14.4 Å². The van der Waals surface area contributed by atoms with E-state index in [2.05, 4.69) is 5.32 Å². The number of carbonyl (C=O) groups is 3. The number of hydrogen-bond acceptors (Lipinski definition) is 3. The maximum absolute atomic E-state index is 12.3. The summed E-state index contributed by atoms with van der Waals surface area (Å²) in [5.74, 6) is -1.69. The molecule has 1 aliphatic heterocycles. The van der Waals surface area contributed by atoms with Crippen LogP contribution >= 0.6 is 0 Å². The molecule has 6 nitrogen and oxygen atoms in total. The van der Waals surface area contributed by atoms with E-state index in [4.69, 9.17) is 0 Å². The van der Waals surface area contributed by atoms with Crippen LogP contribution < -0.4 is 5.32 Å². The van der Waals surface area contributed by atoms with Crippen molar-refractivity contribution >= 4 is 17.8 Å². The zero-order valence-corrected chi connectivity index (χ0v) is 9.73. The molecule has 2 rings (SSSR count). The molecular formula is C11H16N2O4. The molecule has 1 heterocycles. The number of nitrogens with one attached hydrogen (secondary N) is 1. The first-order valence-electron chi connectivity index (χ1n) is 5.81. The minimum atomic E-state index is -1.27. The third kappa shape index (κ3) is 1.67. The van der Waals surface area contributed by atoms with Crippen molar-refractivity contribution in [2.75, 3.05) is 13.1 Å². The van der Waals surface area contributed by atoms with E-state index in [9.17, 15) is 19.5 Å². The molecule has 0 radical (unpaired) electrons. The van der Waals surface area contributed by atoms with Gasteiger partial charge in [-0.1, -0.05) is 6.42 Å². The highest BCUT2D eigenvalue weighted by Gasteiger charge is 2.54. The summed E-state index contributed by atoms with van der Waals surface area (Å²) in [6, 6.07) is -0.576. The molecule has 1 atom stereocenters. The summed E-state index contributed by atoms with van der Waals surface area (Å²) in [4.78, 5) is 36.3. The molecule has 1 unspecified atom stereocenters. The number of aliphatic carboxylic acids is 1. The van der Waals surface area contributed by atoms with Gasteiger partial charge in [0.15, 0.2) is 0 Å². The van der Waals surface area contributed by atoms with Gasteiger partial charge in [0, 0.05) is 13.1 Å². The Balaban J connectivity index is 2.19. The predicted octanol–water partition coefficient (Wildman–Crippen LogP) is -0.412. The van der Waals surface area contributed by atoms with Crippen molar-refractivity contribution in [3.05, 3.63) is 0 Å². The molecule has 17 heavy (non-hydrogen) atoms. The van der Waals surface area contributed by atoms with Gasteiger partial charge < -0.3 is 15.3 Å². The normalized spacial score (nSPS) is 27.0. The summed E-state index contributed by atoms with van der Waals surface area (Å²) in [5, 5.41) is 11.8. The standard InChI is InChI=1S/C11H16N2O4/c1-7-8(14)12-5-6-13(7)9(15)11(10(16)17)3-2-4-11/h7H,2-6H2,1H3,(H,12,14)(H,16,17). The van der Waals surface area contributed by atoms with Gasteiger partial charge in [0.05, 0.1) is 0 Å². The van der Waals surface area contributed by atoms with Crippen LogP contribution in [0.2, 0.25) is 0 Å². The smallest absolute Gasteiger partial charge is 0.319 e. The summed E-state index contributed by atoms with van der Waals surface area (Å²) >= 11 is 0. The quantitative estimate of drug-likeness (QED) is 0.642. The Morgan fingerprint density at radius 1 is 1.47 bits per heavy atom. The van der Waals surface area contributed by atoms with Gasteiger partial charge >= 0.3 is 5.97 Å². The van der Waals surface area contributed by atoms with Crippen molar-refractivity contribution in [1.29, 1.82) is 0 Å². The minimum Gasteiger partial charge on any atom is -0.480 e. The number of rotatable bonds is 2. The molecule has 2 amide bonds. The molecule has 0 aromatic carbocycles. The average molecular weight is 240 g/mol. The fourth-order valence-corrected chi connectivity index (χ4v) is 2.38. The van der Waals surface area contributed by atoms with Crippen LogP contribution in [0.25, 0.3) is 0 Å². The molecule has 2 N–H and O–H groups in total. The number of carboxylic acids is 1. The van der Waals surface area contributed by atoms with Crippen molar-refractivity contribution in [3.63, 3.8) is 0 Å². The second-order valence-corrected chi connectivity index (χ2v) is 4.71. The number of carbonyl (C=O) groups excluding carboxylic acids is 2. The first-order chi connectivity index (χ1) is 7.99. The van der Waals surface area contributed by atoms with E-state index in [0.717, 1.165) is 6.42 Å². The molecular weight excluding hydrogens is 224 g/mol. The number of amides is 2. The lowest BCUT2D eigenvalue weighted by Gasteiger charge is -2.43. The summed E-state index contributed by atoms with van der Waals surface area (Å²) in [7, 11) is 0. The molecule has 1 saturated carbocycles. The summed E-state index contributed by atoms with van der Waals surface area (Å²) in [6.07, 6.45) is 1.52. The SMILES string of the molecule is CC1C(=O)NCCN1C(=O)C1(C(=O)O)CCC1. The Hall–Kier alpha value is -1.59. The van der Waals surface area contributed by atoms with E-state index in [1.807, 2.05) is 0 Å². The van der Waals surface area contributed by atoms with E-state index in [1.54, 1.807) is 6.92 Å². The van der Waals surface area contributed by atoms with Gasteiger partial charge in [0.1, 0.15) is 11.5 Å². The van der Waals surface area contributed by atoms with Crippen LogP contribution in [-0.4, -0.2) is 46.9 Å². The van der Waals surface area contributed by atoms with Crippen LogP contribution in [-0.2, 0) is 14.4 Å². The Morgan fingerprint density at radius 3 is 2.59 bits per heavy atom. The second-order valence-electron chi connectivity index (χ2n) is 4.71. The lowest BCUT2D eigenvalue weighted by atomic mass is 9.67. The van der Waals surface area contributed by atoms with E-state index >= 15 is 0 Å². The summed E-state index contributed by atoms with van der Waals surface area (Å²) < 4.78 is 0. The fourth-order valence-electron chi connectivity index (χ4n) is 2.38. The lowest BCUT2D eigenvalue weighted by molar-refractivity contribution is -0.170. The molecule has 0 bridgehead atoms. The first kappa shape index (κ1) is 11.9. The number of nitrogens with zero attached hydrogens (tertiary/aromatic N) is 1. The Labute approximate surface area is 99.0 Å². The number of hydrogen-bond donors (Lipinski definition) is 2. The molecule has 0 aromatic rings. The van der Waals surface area contributed by atoms with E-state index in [-0.39, 0.29) is 5.91 Å². The fraction of sp³-hybridized carbons (Fsp3) is 0.727. The zero-order valence-electron chi connectivity index (χ0n) is 9.73. The summed E-state index contributed by atoms with van der Waals surface area (Å²) in [5.41, 5.74) is -1.27. The topological polar surface area (TPSA) is 86.7 Å². The molecule has 1 saturated heterocycles.